The second-order valence-electron chi connectivity index (χ2n) is 7.06. The number of rotatable bonds is 4. The first-order chi connectivity index (χ1) is 9.18. The molecule has 2 rings (SSSR count). The largest absolute Gasteiger partial charge is 0.309 e. The average molecular weight is 266 g/mol. The van der Waals surface area contributed by atoms with Crippen molar-refractivity contribution in [1.82, 2.24) is 10.2 Å². The lowest BCUT2D eigenvalue weighted by molar-refractivity contribution is 0.0353. The van der Waals surface area contributed by atoms with Crippen LogP contribution in [0.4, 0.5) is 0 Å². The third-order valence-electron chi connectivity index (χ3n) is 5.46. The highest BCUT2D eigenvalue weighted by molar-refractivity contribution is 4.96. The topological polar surface area (TPSA) is 15.3 Å². The van der Waals surface area contributed by atoms with Gasteiger partial charge in [0, 0.05) is 30.7 Å². The molecule has 0 bridgehead atoms. The fourth-order valence-corrected chi connectivity index (χ4v) is 3.92. The molecule has 1 saturated carbocycles. The molecule has 1 N–H and O–H groups in total. The molecule has 1 aliphatic carbocycles. The van der Waals surface area contributed by atoms with Crippen LogP contribution in [0.25, 0.3) is 0 Å². The zero-order chi connectivity index (χ0) is 13.7. The number of nitrogens with zero attached hydrogens (tertiary/aromatic N) is 1. The van der Waals surface area contributed by atoms with E-state index in [-0.39, 0.29) is 0 Å². The van der Waals surface area contributed by atoms with Gasteiger partial charge in [-0.3, -0.25) is 4.90 Å². The van der Waals surface area contributed by atoms with Gasteiger partial charge in [0.1, 0.15) is 0 Å². The van der Waals surface area contributed by atoms with Crippen molar-refractivity contribution in [2.75, 3.05) is 13.1 Å². The van der Waals surface area contributed by atoms with Gasteiger partial charge in [0.2, 0.25) is 0 Å². The predicted octanol–water partition coefficient (Wildman–Crippen LogP) is 3.95. The molecule has 0 aromatic heterocycles. The molecule has 0 spiro atoms. The lowest BCUT2D eigenvalue weighted by atomic mass is 9.89. The van der Waals surface area contributed by atoms with E-state index in [1.807, 2.05) is 0 Å². The Balaban J connectivity index is 2.05. The van der Waals surface area contributed by atoms with Gasteiger partial charge < -0.3 is 5.32 Å². The molecule has 2 nitrogen and oxygen atoms in total. The molecule has 2 atom stereocenters. The van der Waals surface area contributed by atoms with E-state index < -0.39 is 0 Å². The first kappa shape index (κ1) is 15.3. The van der Waals surface area contributed by atoms with Gasteiger partial charge in [-0.1, -0.05) is 46.0 Å². The Morgan fingerprint density at radius 2 is 1.79 bits per heavy atom. The third-order valence-corrected chi connectivity index (χ3v) is 5.46. The molecule has 2 aliphatic rings. The van der Waals surface area contributed by atoms with E-state index in [2.05, 4.69) is 31.0 Å². The van der Waals surface area contributed by atoms with E-state index in [1.165, 1.54) is 70.9 Å². The van der Waals surface area contributed by atoms with Crippen LogP contribution in [-0.4, -0.2) is 35.6 Å². The molecular formula is C17H34N2. The number of piperazine rings is 1. The summed E-state index contributed by atoms with van der Waals surface area (Å²) in [5, 5.41) is 3.82. The van der Waals surface area contributed by atoms with Crippen molar-refractivity contribution in [1.29, 1.82) is 0 Å². The summed E-state index contributed by atoms with van der Waals surface area (Å²) in [6.45, 7) is 9.55. The van der Waals surface area contributed by atoms with Crippen molar-refractivity contribution >= 4 is 0 Å². The lowest BCUT2D eigenvalue weighted by Crippen LogP contribution is -2.64. The van der Waals surface area contributed by atoms with E-state index in [1.54, 1.807) is 0 Å². The van der Waals surface area contributed by atoms with E-state index in [9.17, 15) is 0 Å². The van der Waals surface area contributed by atoms with Gasteiger partial charge in [-0.05, 0) is 32.6 Å². The molecule has 112 valence electrons. The highest BCUT2D eigenvalue weighted by Gasteiger charge is 2.37. The van der Waals surface area contributed by atoms with Crippen molar-refractivity contribution < 1.29 is 0 Å². The van der Waals surface area contributed by atoms with Crippen molar-refractivity contribution in [3.05, 3.63) is 0 Å². The Morgan fingerprint density at radius 3 is 2.37 bits per heavy atom. The third kappa shape index (κ3) is 3.95. The Labute approximate surface area is 120 Å². The first-order valence-corrected chi connectivity index (χ1v) is 8.69. The molecule has 0 radical (unpaired) electrons. The van der Waals surface area contributed by atoms with Gasteiger partial charge in [-0.25, -0.2) is 0 Å². The Hall–Kier alpha value is -0.0800. The molecular weight excluding hydrogens is 232 g/mol. The summed E-state index contributed by atoms with van der Waals surface area (Å²) in [4.78, 5) is 2.90. The van der Waals surface area contributed by atoms with Crippen molar-refractivity contribution in [2.24, 2.45) is 0 Å². The first-order valence-electron chi connectivity index (χ1n) is 8.69. The molecule has 2 unspecified atom stereocenters. The van der Waals surface area contributed by atoms with Crippen molar-refractivity contribution in [3.8, 4) is 0 Å². The minimum atomic E-state index is 0.344. The van der Waals surface area contributed by atoms with Crippen LogP contribution in [0.5, 0.6) is 0 Å². The van der Waals surface area contributed by atoms with Gasteiger partial charge in [-0.2, -0.15) is 0 Å². The number of hydrogen-bond acceptors (Lipinski definition) is 2. The smallest absolute Gasteiger partial charge is 0.0278 e. The molecule has 2 fully saturated rings. The average Bonchev–Trinajstić information content (AvgIpc) is 2.70. The van der Waals surface area contributed by atoms with Gasteiger partial charge >= 0.3 is 0 Å². The summed E-state index contributed by atoms with van der Waals surface area (Å²) in [7, 11) is 0. The van der Waals surface area contributed by atoms with Gasteiger partial charge in [0.05, 0.1) is 0 Å². The fourth-order valence-electron chi connectivity index (χ4n) is 3.92. The second kappa shape index (κ2) is 7.08. The SMILES string of the molecule is CCCC1CNC(C)(CC)CN1C1CCCCCC1. The van der Waals surface area contributed by atoms with Crippen LogP contribution >= 0.6 is 0 Å². The summed E-state index contributed by atoms with van der Waals surface area (Å²) in [6, 6.07) is 1.65. The molecule has 1 saturated heterocycles. The fraction of sp³-hybridized carbons (Fsp3) is 1.00. The molecule has 0 amide bonds. The summed E-state index contributed by atoms with van der Waals surface area (Å²) >= 11 is 0. The lowest BCUT2D eigenvalue weighted by Gasteiger charge is -2.49. The summed E-state index contributed by atoms with van der Waals surface area (Å²) in [5.74, 6) is 0. The summed E-state index contributed by atoms with van der Waals surface area (Å²) in [6.07, 6.45) is 12.7. The molecule has 0 aromatic rings. The highest BCUT2D eigenvalue weighted by atomic mass is 15.3. The minimum Gasteiger partial charge on any atom is -0.309 e. The quantitative estimate of drug-likeness (QED) is 0.775. The Kier molecular flexibility index (Phi) is 5.70. The van der Waals surface area contributed by atoms with E-state index in [0.29, 0.717) is 5.54 Å². The van der Waals surface area contributed by atoms with Crippen LogP contribution < -0.4 is 5.32 Å². The molecule has 1 heterocycles. The van der Waals surface area contributed by atoms with Crippen molar-refractivity contribution in [2.45, 2.75) is 96.2 Å². The Bertz CT molecular complexity index is 258. The zero-order valence-electron chi connectivity index (χ0n) is 13.4. The maximum Gasteiger partial charge on any atom is 0.0278 e. The van der Waals surface area contributed by atoms with Crippen LogP contribution in [-0.2, 0) is 0 Å². The maximum atomic E-state index is 3.82. The Morgan fingerprint density at radius 1 is 1.11 bits per heavy atom. The van der Waals surface area contributed by atoms with Crippen LogP contribution in [0, 0.1) is 0 Å². The monoisotopic (exact) mass is 266 g/mol. The molecule has 0 aromatic carbocycles. The van der Waals surface area contributed by atoms with Crippen LogP contribution in [0.3, 0.4) is 0 Å². The van der Waals surface area contributed by atoms with Crippen molar-refractivity contribution in [3.63, 3.8) is 0 Å². The standard InChI is InChI=1S/C17H34N2/c1-4-10-16-13-18-17(3,5-2)14-19(16)15-11-8-6-7-9-12-15/h15-16,18H,4-14H2,1-3H3. The normalized spacial score (nSPS) is 35.2. The summed E-state index contributed by atoms with van der Waals surface area (Å²) < 4.78 is 0. The van der Waals surface area contributed by atoms with Crippen LogP contribution in [0.2, 0.25) is 0 Å². The second-order valence-corrected chi connectivity index (χ2v) is 7.06. The molecule has 1 aliphatic heterocycles. The zero-order valence-corrected chi connectivity index (χ0v) is 13.4. The molecule has 19 heavy (non-hydrogen) atoms. The van der Waals surface area contributed by atoms with Crippen LogP contribution in [0.15, 0.2) is 0 Å². The van der Waals surface area contributed by atoms with Gasteiger partial charge in [-0.15, -0.1) is 0 Å². The number of hydrogen-bond donors (Lipinski definition) is 1. The minimum absolute atomic E-state index is 0.344. The van der Waals surface area contributed by atoms with E-state index in [0.717, 1.165) is 12.1 Å². The van der Waals surface area contributed by atoms with E-state index in [4.69, 9.17) is 0 Å². The van der Waals surface area contributed by atoms with Gasteiger partial charge in [0.25, 0.3) is 0 Å². The highest BCUT2D eigenvalue weighted by Crippen LogP contribution is 2.29. The maximum absolute atomic E-state index is 3.82. The van der Waals surface area contributed by atoms with Gasteiger partial charge in [0.15, 0.2) is 0 Å². The van der Waals surface area contributed by atoms with E-state index >= 15 is 0 Å². The van der Waals surface area contributed by atoms with Crippen LogP contribution in [0.1, 0.15) is 78.6 Å². The number of nitrogens with one attached hydrogen (secondary N) is 1. The summed E-state index contributed by atoms with van der Waals surface area (Å²) in [5.41, 5.74) is 0.344. The predicted molar refractivity (Wildman–Crippen MR) is 83.6 cm³/mol. The molecule has 2 heteroatoms.